The van der Waals surface area contributed by atoms with Gasteiger partial charge in [-0.15, -0.1) is 0 Å². The summed E-state index contributed by atoms with van der Waals surface area (Å²) < 4.78 is 0. The third kappa shape index (κ3) is 2.21. The summed E-state index contributed by atoms with van der Waals surface area (Å²) in [7, 11) is 2.03. The molecule has 2 heteroatoms. The molecular formula is C13H20N2. The second kappa shape index (κ2) is 4.77. The number of nitrogens with zero attached hydrogens (tertiary/aromatic N) is 1. The zero-order valence-corrected chi connectivity index (χ0v) is 9.66. The van der Waals surface area contributed by atoms with Crippen molar-refractivity contribution in [3.05, 3.63) is 35.4 Å². The molecule has 1 atom stereocenters. The first-order valence-corrected chi connectivity index (χ1v) is 5.77. The Hall–Kier alpha value is -0.860. The molecule has 1 aliphatic rings. The number of hydrogen-bond acceptors (Lipinski definition) is 2. The Morgan fingerprint density at radius 1 is 1.33 bits per heavy atom. The molecule has 1 fully saturated rings. The summed E-state index contributed by atoms with van der Waals surface area (Å²) in [4.78, 5) is 2.55. The van der Waals surface area contributed by atoms with Gasteiger partial charge < -0.3 is 5.32 Å². The van der Waals surface area contributed by atoms with Crippen molar-refractivity contribution in [2.24, 2.45) is 0 Å². The molecule has 1 heterocycles. The van der Waals surface area contributed by atoms with Crippen LogP contribution in [-0.2, 0) is 0 Å². The van der Waals surface area contributed by atoms with Crippen LogP contribution in [0.3, 0.4) is 0 Å². The Morgan fingerprint density at radius 2 is 2.07 bits per heavy atom. The average Bonchev–Trinajstić information content (AvgIpc) is 2.15. The van der Waals surface area contributed by atoms with Crippen molar-refractivity contribution >= 4 is 0 Å². The van der Waals surface area contributed by atoms with Gasteiger partial charge in [0.05, 0.1) is 0 Å². The fraction of sp³-hybridized carbons (Fsp3) is 0.538. The highest BCUT2D eigenvalue weighted by molar-refractivity contribution is 5.29. The van der Waals surface area contributed by atoms with Crippen LogP contribution in [0.5, 0.6) is 0 Å². The van der Waals surface area contributed by atoms with Crippen LogP contribution in [0.1, 0.15) is 23.6 Å². The molecule has 15 heavy (non-hydrogen) atoms. The molecule has 0 amide bonds. The largest absolute Gasteiger partial charge is 0.318 e. The second-order valence-electron chi connectivity index (χ2n) is 4.32. The summed E-state index contributed by atoms with van der Waals surface area (Å²) in [5, 5.41) is 3.30. The lowest BCUT2D eigenvalue weighted by molar-refractivity contribution is 0.117. The van der Waals surface area contributed by atoms with E-state index in [-0.39, 0.29) is 0 Å². The van der Waals surface area contributed by atoms with Crippen molar-refractivity contribution in [2.45, 2.75) is 19.4 Å². The van der Waals surface area contributed by atoms with E-state index in [1.807, 2.05) is 7.05 Å². The number of rotatable bonds is 4. The first kappa shape index (κ1) is 10.7. The monoisotopic (exact) mass is 204 g/mol. The van der Waals surface area contributed by atoms with Gasteiger partial charge in [-0.3, -0.25) is 4.90 Å². The molecule has 1 aliphatic heterocycles. The Labute approximate surface area is 92.3 Å². The Balaban J connectivity index is 2.19. The molecule has 0 spiro atoms. The van der Waals surface area contributed by atoms with E-state index in [1.165, 1.54) is 30.6 Å². The molecule has 2 rings (SSSR count). The van der Waals surface area contributed by atoms with Crippen LogP contribution in [0.2, 0.25) is 0 Å². The number of hydrogen-bond donors (Lipinski definition) is 1. The molecule has 1 unspecified atom stereocenters. The van der Waals surface area contributed by atoms with Crippen LogP contribution in [0.15, 0.2) is 24.3 Å². The second-order valence-corrected chi connectivity index (χ2v) is 4.32. The van der Waals surface area contributed by atoms with Gasteiger partial charge in [-0.05, 0) is 31.5 Å². The Bertz CT molecular complexity index is 318. The summed E-state index contributed by atoms with van der Waals surface area (Å²) in [6.45, 7) is 5.75. The maximum atomic E-state index is 3.30. The van der Waals surface area contributed by atoms with E-state index in [2.05, 4.69) is 41.4 Å². The van der Waals surface area contributed by atoms with Crippen LogP contribution < -0.4 is 5.32 Å². The summed E-state index contributed by atoms with van der Waals surface area (Å²) >= 11 is 0. The summed E-state index contributed by atoms with van der Waals surface area (Å²) in [6, 6.07) is 9.29. The van der Waals surface area contributed by atoms with E-state index in [9.17, 15) is 0 Å². The first-order chi connectivity index (χ1) is 7.33. The Kier molecular flexibility index (Phi) is 3.39. The lowest BCUT2D eigenvalue weighted by Crippen LogP contribution is -2.43. The van der Waals surface area contributed by atoms with Crippen molar-refractivity contribution < 1.29 is 0 Å². The van der Waals surface area contributed by atoms with Crippen LogP contribution in [0, 0.1) is 6.92 Å². The van der Waals surface area contributed by atoms with Crippen LogP contribution in [0.25, 0.3) is 0 Å². The summed E-state index contributed by atoms with van der Waals surface area (Å²) in [5.41, 5.74) is 2.89. The third-order valence-electron chi connectivity index (χ3n) is 3.28. The summed E-state index contributed by atoms with van der Waals surface area (Å²) in [6.07, 6.45) is 1.35. The molecule has 1 aromatic carbocycles. The van der Waals surface area contributed by atoms with Gasteiger partial charge in [-0.25, -0.2) is 0 Å². The fourth-order valence-electron chi connectivity index (χ4n) is 2.24. The molecule has 82 valence electrons. The highest BCUT2D eigenvalue weighted by atomic mass is 15.2. The molecule has 1 aromatic rings. The van der Waals surface area contributed by atoms with Crippen LogP contribution in [0.4, 0.5) is 0 Å². The van der Waals surface area contributed by atoms with Gasteiger partial charge >= 0.3 is 0 Å². The number of likely N-dealkylation sites (N-methyl/N-ethyl adjacent to an activating group) is 1. The van der Waals surface area contributed by atoms with Gasteiger partial charge in [0.15, 0.2) is 0 Å². The smallest absolute Gasteiger partial charge is 0.0475 e. The van der Waals surface area contributed by atoms with E-state index in [1.54, 1.807) is 0 Å². The van der Waals surface area contributed by atoms with E-state index in [0.717, 1.165) is 6.54 Å². The third-order valence-corrected chi connectivity index (χ3v) is 3.28. The highest BCUT2D eigenvalue weighted by Crippen LogP contribution is 2.27. The molecular weight excluding hydrogens is 184 g/mol. The molecule has 0 radical (unpaired) electrons. The SMILES string of the molecule is CNCC(c1ccccc1C)N1CCC1. The predicted molar refractivity (Wildman–Crippen MR) is 64.0 cm³/mol. The maximum Gasteiger partial charge on any atom is 0.0475 e. The van der Waals surface area contributed by atoms with E-state index < -0.39 is 0 Å². The van der Waals surface area contributed by atoms with Crippen molar-refractivity contribution in [3.8, 4) is 0 Å². The van der Waals surface area contributed by atoms with Crippen molar-refractivity contribution in [1.82, 2.24) is 10.2 Å². The zero-order valence-electron chi connectivity index (χ0n) is 9.66. The van der Waals surface area contributed by atoms with Crippen molar-refractivity contribution in [3.63, 3.8) is 0 Å². The van der Waals surface area contributed by atoms with E-state index in [4.69, 9.17) is 0 Å². The lowest BCUT2D eigenvalue weighted by atomic mass is 9.97. The minimum Gasteiger partial charge on any atom is -0.318 e. The fourth-order valence-corrected chi connectivity index (χ4v) is 2.24. The minimum atomic E-state index is 0.560. The van der Waals surface area contributed by atoms with Gasteiger partial charge in [0.2, 0.25) is 0 Å². The van der Waals surface area contributed by atoms with E-state index >= 15 is 0 Å². The zero-order chi connectivity index (χ0) is 10.7. The van der Waals surface area contributed by atoms with Crippen LogP contribution >= 0.6 is 0 Å². The maximum absolute atomic E-state index is 3.30. The van der Waals surface area contributed by atoms with E-state index in [0.29, 0.717) is 6.04 Å². The van der Waals surface area contributed by atoms with Crippen molar-refractivity contribution in [2.75, 3.05) is 26.7 Å². The number of nitrogens with one attached hydrogen (secondary N) is 1. The molecule has 1 saturated heterocycles. The standard InChI is InChI=1S/C13H20N2/c1-11-6-3-4-7-12(11)13(10-14-2)15-8-5-9-15/h3-4,6-7,13-14H,5,8-10H2,1-2H3. The highest BCUT2D eigenvalue weighted by Gasteiger charge is 2.25. The molecule has 0 aromatic heterocycles. The summed E-state index contributed by atoms with van der Waals surface area (Å²) in [5.74, 6) is 0. The molecule has 0 aliphatic carbocycles. The average molecular weight is 204 g/mol. The number of aryl methyl sites for hydroxylation is 1. The lowest BCUT2D eigenvalue weighted by Gasteiger charge is -2.39. The normalized spacial score (nSPS) is 18.5. The number of likely N-dealkylation sites (tertiary alicyclic amines) is 1. The molecule has 0 bridgehead atoms. The van der Waals surface area contributed by atoms with Gasteiger partial charge in [0.25, 0.3) is 0 Å². The van der Waals surface area contributed by atoms with Crippen LogP contribution in [-0.4, -0.2) is 31.6 Å². The minimum absolute atomic E-state index is 0.560. The van der Waals surface area contributed by atoms with Gasteiger partial charge in [0.1, 0.15) is 0 Å². The molecule has 0 saturated carbocycles. The quantitative estimate of drug-likeness (QED) is 0.806. The first-order valence-electron chi connectivity index (χ1n) is 5.77. The van der Waals surface area contributed by atoms with Gasteiger partial charge in [0, 0.05) is 25.7 Å². The van der Waals surface area contributed by atoms with Crippen molar-refractivity contribution in [1.29, 1.82) is 0 Å². The van der Waals surface area contributed by atoms with Gasteiger partial charge in [-0.1, -0.05) is 24.3 Å². The number of benzene rings is 1. The molecule has 2 nitrogen and oxygen atoms in total. The molecule has 1 N–H and O–H groups in total. The Morgan fingerprint density at radius 3 is 2.60 bits per heavy atom. The predicted octanol–water partition coefficient (Wildman–Crippen LogP) is 1.96. The van der Waals surface area contributed by atoms with Gasteiger partial charge in [-0.2, -0.15) is 0 Å². The topological polar surface area (TPSA) is 15.3 Å².